The number of rotatable bonds is 6. The van der Waals surface area contributed by atoms with Crippen LogP contribution < -0.4 is 25.4 Å². The van der Waals surface area contributed by atoms with E-state index >= 15 is 0 Å². The summed E-state index contributed by atoms with van der Waals surface area (Å²) in [5.74, 6) is 1.99. The molecule has 25 heavy (non-hydrogen) atoms. The molecule has 1 aliphatic heterocycles. The minimum Gasteiger partial charge on any atom is -0.486 e. The number of fused-ring (bicyclic) bond motifs is 1. The van der Waals surface area contributed by atoms with Crippen molar-refractivity contribution in [1.29, 1.82) is 0 Å². The van der Waals surface area contributed by atoms with E-state index in [-0.39, 0.29) is 12.1 Å². The number of aromatic nitrogens is 2. The van der Waals surface area contributed by atoms with Crippen LogP contribution in [-0.4, -0.2) is 42.3 Å². The summed E-state index contributed by atoms with van der Waals surface area (Å²) in [5, 5.41) is 8.71. The van der Waals surface area contributed by atoms with Gasteiger partial charge in [-0.1, -0.05) is 6.07 Å². The summed E-state index contributed by atoms with van der Waals surface area (Å²) in [5.41, 5.74) is 0.954. The Morgan fingerprint density at radius 1 is 1.16 bits per heavy atom. The molecule has 0 aliphatic carbocycles. The molecule has 2 heterocycles. The molecule has 0 saturated carbocycles. The average molecular weight is 343 g/mol. The maximum Gasteiger partial charge on any atom is 0.315 e. The van der Waals surface area contributed by atoms with Crippen LogP contribution in [0.5, 0.6) is 11.5 Å². The van der Waals surface area contributed by atoms with E-state index in [1.165, 1.54) is 0 Å². The zero-order chi connectivity index (χ0) is 17.5. The van der Waals surface area contributed by atoms with Crippen LogP contribution in [0.2, 0.25) is 0 Å². The average Bonchev–Trinajstić information content (AvgIpc) is 2.65. The van der Waals surface area contributed by atoms with Crippen molar-refractivity contribution in [1.82, 2.24) is 20.6 Å². The number of amides is 2. The predicted octanol–water partition coefficient (Wildman–Crippen LogP) is 1.72. The van der Waals surface area contributed by atoms with E-state index in [4.69, 9.17) is 9.47 Å². The highest BCUT2D eigenvalue weighted by Crippen LogP contribution is 2.32. The zero-order valence-corrected chi connectivity index (χ0v) is 14.0. The number of ether oxygens (including phenoxy) is 2. The fraction of sp³-hybridized carbons (Fsp3) is 0.353. The lowest BCUT2D eigenvalue weighted by Gasteiger charge is -2.21. The number of anilines is 1. The van der Waals surface area contributed by atoms with Gasteiger partial charge in [0, 0.05) is 25.5 Å². The molecular formula is C17H21N5O3. The number of carbonyl (C=O) groups excluding carboxylic acids is 1. The largest absolute Gasteiger partial charge is 0.486 e. The molecule has 1 aliphatic rings. The lowest BCUT2D eigenvalue weighted by molar-refractivity contribution is 0.171. The van der Waals surface area contributed by atoms with Crippen molar-refractivity contribution in [3.05, 3.63) is 42.2 Å². The van der Waals surface area contributed by atoms with Crippen molar-refractivity contribution in [3.8, 4) is 11.5 Å². The normalized spacial score (nSPS) is 13.6. The minimum atomic E-state index is -0.238. The first-order chi connectivity index (χ1) is 12.2. The Morgan fingerprint density at radius 2 is 1.92 bits per heavy atom. The first-order valence-corrected chi connectivity index (χ1v) is 8.17. The number of urea groups is 1. The van der Waals surface area contributed by atoms with Gasteiger partial charge in [0.2, 0.25) is 5.95 Å². The van der Waals surface area contributed by atoms with Gasteiger partial charge in [-0.25, -0.2) is 14.8 Å². The number of benzene rings is 1. The van der Waals surface area contributed by atoms with E-state index in [0.717, 1.165) is 11.3 Å². The Hall–Kier alpha value is -3.03. The van der Waals surface area contributed by atoms with Crippen LogP contribution in [0.1, 0.15) is 18.5 Å². The maximum atomic E-state index is 12.0. The van der Waals surface area contributed by atoms with E-state index in [1.807, 2.05) is 25.1 Å². The van der Waals surface area contributed by atoms with Crippen LogP contribution in [0.3, 0.4) is 0 Å². The van der Waals surface area contributed by atoms with E-state index in [9.17, 15) is 4.79 Å². The molecule has 1 aromatic heterocycles. The summed E-state index contributed by atoms with van der Waals surface area (Å²) in [6.45, 7) is 4.01. The zero-order valence-electron chi connectivity index (χ0n) is 14.0. The highest BCUT2D eigenvalue weighted by molar-refractivity contribution is 5.74. The van der Waals surface area contributed by atoms with Gasteiger partial charge in [-0.15, -0.1) is 0 Å². The van der Waals surface area contributed by atoms with Gasteiger partial charge in [-0.2, -0.15) is 0 Å². The molecule has 2 amide bonds. The van der Waals surface area contributed by atoms with Gasteiger partial charge in [-0.05, 0) is 30.7 Å². The molecule has 8 nitrogen and oxygen atoms in total. The number of nitrogens with zero attached hydrogens (tertiary/aromatic N) is 2. The third-order valence-electron chi connectivity index (χ3n) is 3.67. The molecule has 3 rings (SSSR count). The minimum absolute atomic E-state index is 0.152. The number of nitrogens with one attached hydrogen (secondary N) is 3. The lowest BCUT2D eigenvalue weighted by atomic mass is 10.1. The first-order valence-electron chi connectivity index (χ1n) is 8.17. The van der Waals surface area contributed by atoms with Crippen molar-refractivity contribution in [2.75, 3.05) is 31.6 Å². The summed E-state index contributed by atoms with van der Waals surface area (Å²) in [6.07, 6.45) is 3.31. The SMILES string of the molecule is CC(NC(=O)NCCNc1ncccn1)c1ccc2c(c1)OCCO2. The molecule has 1 unspecified atom stereocenters. The number of carbonyl (C=O) groups is 1. The number of hydrogen-bond acceptors (Lipinski definition) is 6. The Labute approximate surface area is 146 Å². The first kappa shape index (κ1) is 16.8. The molecule has 1 atom stereocenters. The van der Waals surface area contributed by atoms with Crippen LogP contribution in [-0.2, 0) is 0 Å². The topological polar surface area (TPSA) is 97.4 Å². The number of hydrogen-bond donors (Lipinski definition) is 3. The van der Waals surface area contributed by atoms with Crippen LogP contribution in [0.25, 0.3) is 0 Å². The van der Waals surface area contributed by atoms with Crippen LogP contribution in [0, 0.1) is 0 Å². The maximum absolute atomic E-state index is 12.0. The summed E-state index contributed by atoms with van der Waals surface area (Å²) in [6, 6.07) is 7.04. The Bertz CT molecular complexity index is 711. The van der Waals surface area contributed by atoms with Gasteiger partial charge in [0.25, 0.3) is 0 Å². The van der Waals surface area contributed by atoms with Gasteiger partial charge in [0.15, 0.2) is 11.5 Å². The van der Waals surface area contributed by atoms with Crippen molar-refractivity contribution < 1.29 is 14.3 Å². The van der Waals surface area contributed by atoms with Crippen LogP contribution >= 0.6 is 0 Å². The quantitative estimate of drug-likeness (QED) is 0.691. The Balaban J connectivity index is 1.43. The molecule has 0 spiro atoms. The second-order valence-corrected chi connectivity index (χ2v) is 5.52. The Kier molecular flexibility index (Phi) is 5.50. The van der Waals surface area contributed by atoms with Crippen LogP contribution in [0.4, 0.5) is 10.7 Å². The van der Waals surface area contributed by atoms with E-state index < -0.39 is 0 Å². The van der Waals surface area contributed by atoms with Gasteiger partial charge in [0.05, 0.1) is 6.04 Å². The molecular weight excluding hydrogens is 322 g/mol. The van der Waals surface area contributed by atoms with Crippen molar-refractivity contribution in [3.63, 3.8) is 0 Å². The summed E-state index contributed by atoms with van der Waals surface area (Å²) < 4.78 is 11.1. The second-order valence-electron chi connectivity index (χ2n) is 5.52. The third-order valence-corrected chi connectivity index (χ3v) is 3.67. The molecule has 132 valence electrons. The standard InChI is InChI=1S/C17H21N5O3/c1-12(13-3-4-14-15(11-13)25-10-9-24-14)22-17(23)21-8-7-20-16-18-5-2-6-19-16/h2-6,11-12H,7-10H2,1H3,(H,18,19,20)(H2,21,22,23). The van der Waals surface area contributed by atoms with E-state index in [0.29, 0.717) is 38.0 Å². The Morgan fingerprint density at radius 3 is 2.72 bits per heavy atom. The summed E-state index contributed by atoms with van der Waals surface area (Å²) in [4.78, 5) is 20.1. The van der Waals surface area contributed by atoms with Gasteiger partial charge in [-0.3, -0.25) is 0 Å². The highest BCUT2D eigenvalue weighted by atomic mass is 16.6. The van der Waals surface area contributed by atoms with Gasteiger partial charge in [0.1, 0.15) is 13.2 Å². The molecule has 2 aromatic rings. The molecule has 0 radical (unpaired) electrons. The van der Waals surface area contributed by atoms with E-state index in [2.05, 4.69) is 25.9 Å². The van der Waals surface area contributed by atoms with Gasteiger partial charge >= 0.3 is 6.03 Å². The molecule has 0 saturated heterocycles. The monoisotopic (exact) mass is 343 g/mol. The van der Waals surface area contributed by atoms with Crippen molar-refractivity contribution in [2.24, 2.45) is 0 Å². The molecule has 1 aromatic carbocycles. The van der Waals surface area contributed by atoms with Crippen molar-refractivity contribution in [2.45, 2.75) is 13.0 Å². The molecule has 0 bridgehead atoms. The van der Waals surface area contributed by atoms with Crippen LogP contribution in [0.15, 0.2) is 36.7 Å². The fourth-order valence-electron chi connectivity index (χ4n) is 2.40. The predicted molar refractivity (Wildman–Crippen MR) is 92.9 cm³/mol. The smallest absolute Gasteiger partial charge is 0.315 e. The summed E-state index contributed by atoms with van der Waals surface area (Å²) >= 11 is 0. The molecule has 3 N–H and O–H groups in total. The van der Waals surface area contributed by atoms with Gasteiger partial charge < -0.3 is 25.4 Å². The molecule has 0 fully saturated rings. The highest BCUT2D eigenvalue weighted by Gasteiger charge is 2.15. The second kappa shape index (κ2) is 8.18. The molecule has 8 heteroatoms. The lowest BCUT2D eigenvalue weighted by Crippen LogP contribution is -2.39. The summed E-state index contributed by atoms with van der Waals surface area (Å²) in [7, 11) is 0. The van der Waals surface area contributed by atoms with Crippen molar-refractivity contribution >= 4 is 12.0 Å². The van der Waals surface area contributed by atoms with E-state index in [1.54, 1.807) is 18.5 Å². The fourth-order valence-corrected chi connectivity index (χ4v) is 2.40. The third kappa shape index (κ3) is 4.72.